The molecule has 2 unspecified atom stereocenters. The molecule has 90 valence electrons. The number of hydrogen-bond donors (Lipinski definition) is 1. The SMILES string of the molecule is CC(=O)[C@H]1NCC2C1CN2C(=O)C(C)(C)C. The van der Waals surface area contributed by atoms with Crippen LogP contribution < -0.4 is 5.32 Å². The second-order valence-electron chi connectivity index (χ2n) is 5.94. The number of Topliss-reactive ketones (excluding diaryl/α,β-unsaturated/α-hetero) is 1. The third kappa shape index (κ3) is 1.65. The van der Waals surface area contributed by atoms with E-state index in [4.69, 9.17) is 0 Å². The van der Waals surface area contributed by atoms with Crippen LogP contribution in [0.25, 0.3) is 0 Å². The lowest BCUT2D eigenvalue weighted by molar-refractivity contribution is -0.151. The van der Waals surface area contributed by atoms with Gasteiger partial charge in [-0.15, -0.1) is 0 Å². The number of ketones is 1. The Labute approximate surface area is 96.4 Å². The van der Waals surface area contributed by atoms with Crippen molar-refractivity contribution in [2.45, 2.75) is 39.8 Å². The van der Waals surface area contributed by atoms with Crippen LogP contribution in [0.4, 0.5) is 0 Å². The highest BCUT2D eigenvalue weighted by Crippen LogP contribution is 2.35. The van der Waals surface area contributed by atoms with Crippen molar-refractivity contribution < 1.29 is 9.59 Å². The van der Waals surface area contributed by atoms with Crippen molar-refractivity contribution in [2.24, 2.45) is 11.3 Å². The Morgan fingerprint density at radius 3 is 2.44 bits per heavy atom. The lowest BCUT2D eigenvalue weighted by atomic mass is 9.82. The van der Waals surface area contributed by atoms with E-state index in [-0.39, 0.29) is 29.2 Å². The Hall–Kier alpha value is -0.900. The molecule has 0 aromatic carbocycles. The summed E-state index contributed by atoms with van der Waals surface area (Å²) in [5, 5.41) is 3.21. The zero-order valence-corrected chi connectivity index (χ0v) is 10.4. The largest absolute Gasteiger partial charge is 0.337 e. The summed E-state index contributed by atoms with van der Waals surface area (Å²) in [4.78, 5) is 25.3. The van der Waals surface area contributed by atoms with Gasteiger partial charge in [0.15, 0.2) is 0 Å². The highest BCUT2D eigenvalue weighted by Gasteiger charge is 2.52. The number of rotatable bonds is 1. The smallest absolute Gasteiger partial charge is 0.228 e. The van der Waals surface area contributed by atoms with E-state index < -0.39 is 0 Å². The Balaban J connectivity index is 2.02. The number of carbonyl (C=O) groups is 2. The maximum atomic E-state index is 12.1. The predicted octanol–water partition coefficient (Wildman–Crippen LogP) is 0.420. The van der Waals surface area contributed by atoms with Crippen LogP contribution in [0.1, 0.15) is 27.7 Å². The summed E-state index contributed by atoms with van der Waals surface area (Å²) in [5.74, 6) is 0.721. The lowest BCUT2D eigenvalue weighted by Crippen LogP contribution is -2.62. The molecule has 0 saturated carbocycles. The van der Waals surface area contributed by atoms with Crippen LogP contribution in [0.5, 0.6) is 0 Å². The van der Waals surface area contributed by atoms with Gasteiger partial charge in [-0.2, -0.15) is 0 Å². The minimum Gasteiger partial charge on any atom is -0.337 e. The van der Waals surface area contributed by atoms with Crippen molar-refractivity contribution in [1.82, 2.24) is 10.2 Å². The van der Waals surface area contributed by atoms with Crippen LogP contribution in [-0.2, 0) is 9.59 Å². The first-order chi connectivity index (χ1) is 7.32. The number of nitrogens with zero attached hydrogens (tertiary/aromatic N) is 1. The van der Waals surface area contributed by atoms with Crippen molar-refractivity contribution in [3.8, 4) is 0 Å². The van der Waals surface area contributed by atoms with Crippen LogP contribution in [0.15, 0.2) is 0 Å². The van der Waals surface area contributed by atoms with Crippen LogP contribution in [0.3, 0.4) is 0 Å². The third-order valence-electron chi connectivity index (χ3n) is 3.62. The molecule has 0 aliphatic carbocycles. The number of fused-ring (bicyclic) bond motifs is 1. The van der Waals surface area contributed by atoms with Gasteiger partial charge in [-0.05, 0) is 6.92 Å². The second-order valence-corrected chi connectivity index (χ2v) is 5.94. The molecular formula is C12H20N2O2. The minimum atomic E-state index is -0.320. The summed E-state index contributed by atoms with van der Waals surface area (Å²) in [5.41, 5.74) is -0.320. The van der Waals surface area contributed by atoms with Crippen LogP contribution in [0, 0.1) is 11.3 Å². The van der Waals surface area contributed by atoms with E-state index >= 15 is 0 Å². The molecule has 2 fully saturated rings. The zero-order valence-electron chi connectivity index (χ0n) is 10.4. The molecule has 2 aliphatic rings. The van der Waals surface area contributed by atoms with E-state index in [1.54, 1.807) is 6.92 Å². The molecule has 4 nitrogen and oxygen atoms in total. The Bertz CT molecular complexity index is 332. The highest BCUT2D eigenvalue weighted by molar-refractivity contribution is 5.85. The van der Waals surface area contributed by atoms with Gasteiger partial charge in [0.2, 0.25) is 5.91 Å². The molecule has 2 rings (SSSR count). The van der Waals surface area contributed by atoms with E-state index in [2.05, 4.69) is 5.32 Å². The quantitative estimate of drug-likeness (QED) is 0.702. The Morgan fingerprint density at radius 2 is 1.94 bits per heavy atom. The summed E-state index contributed by atoms with van der Waals surface area (Å²) >= 11 is 0. The van der Waals surface area contributed by atoms with E-state index in [0.29, 0.717) is 5.92 Å². The number of likely N-dealkylation sites (tertiary alicyclic amines) is 1. The fraction of sp³-hybridized carbons (Fsp3) is 0.833. The molecule has 4 heteroatoms. The second kappa shape index (κ2) is 3.55. The highest BCUT2D eigenvalue weighted by atomic mass is 16.2. The molecule has 2 aliphatic heterocycles. The molecule has 2 heterocycles. The number of amides is 1. The summed E-state index contributed by atoms with van der Waals surface area (Å²) in [6, 6.07) is 0.203. The number of carbonyl (C=O) groups excluding carboxylic acids is 2. The number of hydrogen-bond acceptors (Lipinski definition) is 3. The number of nitrogens with one attached hydrogen (secondary N) is 1. The topological polar surface area (TPSA) is 49.4 Å². The average Bonchev–Trinajstić information content (AvgIpc) is 2.41. The monoisotopic (exact) mass is 224 g/mol. The summed E-state index contributed by atoms with van der Waals surface area (Å²) in [6.07, 6.45) is 0. The van der Waals surface area contributed by atoms with Gasteiger partial charge in [-0.25, -0.2) is 0 Å². The predicted molar refractivity (Wildman–Crippen MR) is 60.9 cm³/mol. The molecule has 1 amide bonds. The van der Waals surface area contributed by atoms with Gasteiger partial charge in [0, 0.05) is 24.4 Å². The molecule has 0 radical (unpaired) electrons. The fourth-order valence-corrected chi connectivity index (χ4v) is 2.68. The first-order valence-corrected chi connectivity index (χ1v) is 5.87. The molecule has 16 heavy (non-hydrogen) atoms. The summed E-state index contributed by atoms with van der Waals surface area (Å²) < 4.78 is 0. The van der Waals surface area contributed by atoms with Crippen molar-refractivity contribution in [3.63, 3.8) is 0 Å². The third-order valence-corrected chi connectivity index (χ3v) is 3.62. The minimum absolute atomic E-state index is 0.0333. The van der Waals surface area contributed by atoms with Crippen molar-refractivity contribution in [2.75, 3.05) is 13.1 Å². The van der Waals surface area contributed by atoms with Crippen molar-refractivity contribution in [3.05, 3.63) is 0 Å². The van der Waals surface area contributed by atoms with Gasteiger partial charge in [0.05, 0.1) is 12.1 Å². The van der Waals surface area contributed by atoms with Crippen molar-refractivity contribution >= 4 is 11.7 Å². The Kier molecular flexibility index (Phi) is 2.57. The van der Waals surface area contributed by atoms with E-state index in [9.17, 15) is 9.59 Å². The molecule has 0 aromatic rings. The molecule has 0 aromatic heterocycles. The molecular weight excluding hydrogens is 204 g/mol. The standard InChI is InChI=1S/C12H20N2O2/c1-7(15)10-8-6-14(9(8)5-13-10)11(16)12(2,3)4/h8-10,13H,5-6H2,1-4H3/t8?,9?,10-/m1/s1. The summed E-state index contributed by atoms with van der Waals surface area (Å²) in [6.45, 7) is 8.93. The fourth-order valence-electron chi connectivity index (χ4n) is 2.68. The Morgan fingerprint density at radius 1 is 1.31 bits per heavy atom. The molecule has 1 N–H and O–H groups in total. The van der Waals surface area contributed by atoms with Gasteiger partial charge in [-0.3, -0.25) is 9.59 Å². The lowest BCUT2D eigenvalue weighted by Gasteiger charge is -2.47. The first-order valence-electron chi connectivity index (χ1n) is 5.87. The molecule has 2 saturated heterocycles. The van der Waals surface area contributed by atoms with Gasteiger partial charge in [-0.1, -0.05) is 20.8 Å². The van der Waals surface area contributed by atoms with E-state index in [1.165, 1.54) is 0 Å². The maximum absolute atomic E-state index is 12.1. The maximum Gasteiger partial charge on any atom is 0.228 e. The van der Waals surface area contributed by atoms with Crippen LogP contribution in [-0.4, -0.2) is 41.8 Å². The van der Waals surface area contributed by atoms with Gasteiger partial charge in [0.25, 0.3) is 0 Å². The molecule has 0 spiro atoms. The van der Waals surface area contributed by atoms with E-state index in [0.717, 1.165) is 13.1 Å². The van der Waals surface area contributed by atoms with Gasteiger partial charge < -0.3 is 10.2 Å². The zero-order chi connectivity index (χ0) is 12.1. The van der Waals surface area contributed by atoms with Crippen LogP contribution >= 0.6 is 0 Å². The van der Waals surface area contributed by atoms with Crippen molar-refractivity contribution in [1.29, 1.82) is 0 Å². The molecule has 3 atom stereocenters. The first kappa shape index (κ1) is 11.6. The molecule has 0 bridgehead atoms. The van der Waals surface area contributed by atoms with Gasteiger partial charge >= 0.3 is 0 Å². The normalized spacial score (nSPS) is 33.2. The van der Waals surface area contributed by atoms with Crippen LogP contribution in [0.2, 0.25) is 0 Å². The summed E-state index contributed by atoms with van der Waals surface area (Å²) in [7, 11) is 0. The van der Waals surface area contributed by atoms with Gasteiger partial charge in [0.1, 0.15) is 5.78 Å². The van der Waals surface area contributed by atoms with E-state index in [1.807, 2.05) is 25.7 Å². The average molecular weight is 224 g/mol.